The smallest absolute Gasteiger partial charge is 0.240 e. The Morgan fingerprint density at radius 2 is 2.03 bits per heavy atom. The second-order valence-electron chi connectivity index (χ2n) is 6.38. The number of amidine groups is 1. The lowest BCUT2D eigenvalue weighted by Crippen LogP contribution is -2.28. The predicted molar refractivity (Wildman–Crippen MR) is 117 cm³/mol. The van der Waals surface area contributed by atoms with Crippen molar-refractivity contribution in [3.63, 3.8) is 0 Å². The van der Waals surface area contributed by atoms with Crippen LogP contribution in [-0.4, -0.2) is 41.3 Å². The summed E-state index contributed by atoms with van der Waals surface area (Å²) < 4.78 is 5.24. The highest BCUT2D eigenvalue weighted by atomic mass is 32.2. The summed E-state index contributed by atoms with van der Waals surface area (Å²) >= 11 is 1.14. The number of anilines is 1. The molecule has 2 aromatic rings. The van der Waals surface area contributed by atoms with Crippen molar-refractivity contribution in [2.24, 2.45) is 10.2 Å². The number of rotatable bonds is 7. The summed E-state index contributed by atoms with van der Waals surface area (Å²) in [6.07, 6.45) is 1.50. The van der Waals surface area contributed by atoms with E-state index in [0.717, 1.165) is 17.3 Å². The molecule has 0 spiro atoms. The maximum absolute atomic E-state index is 12.3. The van der Waals surface area contributed by atoms with Crippen LogP contribution in [0.15, 0.2) is 58.7 Å². The third-order valence-corrected chi connectivity index (χ3v) is 5.26. The van der Waals surface area contributed by atoms with E-state index in [0.29, 0.717) is 22.2 Å². The fourth-order valence-electron chi connectivity index (χ4n) is 2.70. The van der Waals surface area contributed by atoms with E-state index in [4.69, 9.17) is 4.74 Å². The monoisotopic (exact) mass is 424 g/mol. The van der Waals surface area contributed by atoms with Gasteiger partial charge < -0.3 is 15.4 Å². The van der Waals surface area contributed by atoms with Gasteiger partial charge in [-0.15, -0.1) is 5.10 Å². The molecule has 1 unspecified atom stereocenters. The number of ketones is 1. The molecule has 2 N–H and O–H groups in total. The summed E-state index contributed by atoms with van der Waals surface area (Å²) in [6, 6.07) is 14.0. The molecule has 1 aliphatic heterocycles. The van der Waals surface area contributed by atoms with E-state index in [1.54, 1.807) is 37.4 Å². The number of Topliss-reactive ketones (excluding diaryl/α,β-unsaturated/α-hetero) is 1. The van der Waals surface area contributed by atoms with Gasteiger partial charge in [-0.25, -0.2) is 0 Å². The highest BCUT2D eigenvalue weighted by Gasteiger charge is 2.32. The van der Waals surface area contributed by atoms with Gasteiger partial charge in [0.1, 0.15) is 11.0 Å². The van der Waals surface area contributed by atoms with Crippen molar-refractivity contribution < 1.29 is 19.1 Å². The summed E-state index contributed by atoms with van der Waals surface area (Å²) in [4.78, 5) is 35.9. The lowest BCUT2D eigenvalue weighted by molar-refractivity contribution is -0.122. The van der Waals surface area contributed by atoms with Crippen LogP contribution in [0.25, 0.3) is 0 Å². The fourth-order valence-corrected chi connectivity index (χ4v) is 3.62. The van der Waals surface area contributed by atoms with Gasteiger partial charge in [0.25, 0.3) is 0 Å². The Balaban J connectivity index is 1.58. The summed E-state index contributed by atoms with van der Waals surface area (Å²) in [7, 11) is 1.57. The minimum Gasteiger partial charge on any atom is -0.496 e. The van der Waals surface area contributed by atoms with Crippen LogP contribution in [0.2, 0.25) is 0 Å². The van der Waals surface area contributed by atoms with Gasteiger partial charge in [0, 0.05) is 23.2 Å². The van der Waals surface area contributed by atoms with Crippen LogP contribution < -0.4 is 15.4 Å². The van der Waals surface area contributed by atoms with E-state index in [-0.39, 0.29) is 24.0 Å². The van der Waals surface area contributed by atoms with Gasteiger partial charge >= 0.3 is 0 Å². The first-order chi connectivity index (χ1) is 14.5. The number of carbonyl (C=O) groups excluding carboxylic acids is 3. The molecular formula is C21H20N4O4S. The molecule has 0 saturated carbocycles. The van der Waals surface area contributed by atoms with Crippen LogP contribution in [0.1, 0.15) is 29.3 Å². The van der Waals surface area contributed by atoms with E-state index in [1.165, 1.54) is 13.1 Å². The number of para-hydroxylation sites is 1. The normalized spacial score (nSPS) is 17.2. The standard InChI is InChI=1S/C21H20N4O4S/c1-13(26)14-7-5-8-16(10-14)23-19(27)11-18-20(28)24-21(30-18)25-22-12-15-6-3-4-9-17(15)29-2/h3-10,12,18H,11H2,1-2H3,(H,23,27)(H,24,25,28)/b22-12-. The molecular weight excluding hydrogens is 404 g/mol. The Morgan fingerprint density at radius 1 is 1.23 bits per heavy atom. The summed E-state index contributed by atoms with van der Waals surface area (Å²) in [6.45, 7) is 1.46. The van der Waals surface area contributed by atoms with Gasteiger partial charge in [-0.3, -0.25) is 14.4 Å². The number of thioether (sulfide) groups is 1. The Hall–Kier alpha value is -3.46. The molecule has 8 nitrogen and oxygen atoms in total. The second kappa shape index (κ2) is 9.84. The van der Waals surface area contributed by atoms with Crippen molar-refractivity contribution in [2.45, 2.75) is 18.6 Å². The molecule has 2 aromatic carbocycles. The molecule has 1 atom stereocenters. The van der Waals surface area contributed by atoms with Crippen LogP contribution in [0.5, 0.6) is 5.75 Å². The van der Waals surface area contributed by atoms with Crippen LogP contribution in [0.4, 0.5) is 5.69 Å². The topological polar surface area (TPSA) is 109 Å². The third-order valence-electron chi connectivity index (χ3n) is 4.18. The lowest BCUT2D eigenvalue weighted by atomic mass is 10.1. The highest BCUT2D eigenvalue weighted by molar-refractivity contribution is 8.15. The Bertz CT molecular complexity index is 1040. The van der Waals surface area contributed by atoms with Gasteiger partial charge in [-0.2, -0.15) is 5.10 Å². The summed E-state index contributed by atoms with van der Waals surface area (Å²) in [5.74, 6) is -0.0692. The highest BCUT2D eigenvalue weighted by Crippen LogP contribution is 2.23. The van der Waals surface area contributed by atoms with Crippen LogP contribution >= 0.6 is 11.8 Å². The quantitative estimate of drug-likeness (QED) is 0.404. The number of nitrogens with one attached hydrogen (secondary N) is 2. The van der Waals surface area contributed by atoms with E-state index in [9.17, 15) is 14.4 Å². The Morgan fingerprint density at radius 3 is 2.80 bits per heavy atom. The zero-order valence-corrected chi connectivity index (χ0v) is 17.2. The van der Waals surface area contributed by atoms with Crippen LogP contribution in [-0.2, 0) is 9.59 Å². The molecule has 1 saturated heterocycles. The molecule has 2 amide bonds. The van der Waals surface area contributed by atoms with Crippen LogP contribution in [0.3, 0.4) is 0 Å². The van der Waals surface area contributed by atoms with Gasteiger partial charge in [0.05, 0.1) is 13.3 Å². The molecule has 1 heterocycles. The molecule has 1 aliphatic rings. The van der Waals surface area contributed by atoms with Gasteiger partial charge in [0.15, 0.2) is 11.0 Å². The second-order valence-corrected chi connectivity index (χ2v) is 7.57. The molecule has 0 aliphatic carbocycles. The van der Waals surface area contributed by atoms with Crippen molar-refractivity contribution in [3.8, 4) is 5.75 Å². The lowest BCUT2D eigenvalue weighted by Gasteiger charge is -2.08. The van der Waals surface area contributed by atoms with E-state index < -0.39 is 5.25 Å². The maximum atomic E-state index is 12.3. The summed E-state index contributed by atoms with van der Waals surface area (Å²) in [5.41, 5.74) is 1.76. The third kappa shape index (κ3) is 5.54. The molecule has 0 bridgehead atoms. The first-order valence-electron chi connectivity index (χ1n) is 9.08. The number of hydrogen-bond donors (Lipinski definition) is 2. The van der Waals surface area contributed by atoms with Gasteiger partial charge in [-0.1, -0.05) is 36.0 Å². The minimum absolute atomic E-state index is 0.0317. The SMILES string of the molecule is COc1ccccc1/C=N\N=C1/NC(=O)C(CC(=O)Nc2cccc(C(C)=O)c2)S1. The van der Waals surface area contributed by atoms with E-state index >= 15 is 0 Å². The number of amides is 2. The number of ether oxygens (including phenoxy) is 1. The van der Waals surface area contributed by atoms with Crippen molar-refractivity contribution in [1.29, 1.82) is 0 Å². The van der Waals surface area contributed by atoms with Gasteiger partial charge in [-0.05, 0) is 31.2 Å². The molecule has 0 radical (unpaired) electrons. The fraction of sp³-hybridized carbons (Fsp3) is 0.190. The van der Waals surface area contributed by atoms with E-state index in [2.05, 4.69) is 20.8 Å². The number of methoxy groups -OCH3 is 1. The number of nitrogens with zero attached hydrogens (tertiary/aromatic N) is 2. The van der Waals surface area contributed by atoms with Crippen molar-refractivity contribution >= 4 is 46.4 Å². The molecule has 1 fully saturated rings. The van der Waals surface area contributed by atoms with E-state index in [1.807, 2.05) is 18.2 Å². The molecule has 3 rings (SSSR count). The number of carbonyl (C=O) groups is 3. The first kappa shape index (κ1) is 21.3. The molecule has 0 aromatic heterocycles. The number of hydrogen-bond acceptors (Lipinski definition) is 7. The van der Waals surface area contributed by atoms with Crippen molar-refractivity contribution in [2.75, 3.05) is 12.4 Å². The average molecular weight is 424 g/mol. The van der Waals surface area contributed by atoms with Crippen molar-refractivity contribution in [1.82, 2.24) is 5.32 Å². The number of benzene rings is 2. The van der Waals surface area contributed by atoms with Crippen molar-refractivity contribution in [3.05, 3.63) is 59.7 Å². The first-order valence-corrected chi connectivity index (χ1v) is 9.96. The summed E-state index contributed by atoms with van der Waals surface area (Å²) in [5, 5.41) is 13.0. The largest absolute Gasteiger partial charge is 0.496 e. The van der Waals surface area contributed by atoms with Gasteiger partial charge in [0.2, 0.25) is 11.8 Å². The average Bonchev–Trinajstić information content (AvgIpc) is 3.07. The zero-order chi connectivity index (χ0) is 21.5. The van der Waals surface area contributed by atoms with Crippen LogP contribution in [0, 0.1) is 0 Å². The molecule has 30 heavy (non-hydrogen) atoms. The Labute approximate surface area is 177 Å². The molecule has 9 heteroatoms. The molecule has 154 valence electrons. The Kier molecular flexibility index (Phi) is 6.97. The minimum atomic E-state index is -0.610. The maximum Gasteiger partial charge on any atom is 0.240 e. The zero-order valence-electron chi connectivity index (χ0n) is 16.4. The predicted octanol–water partition coefficient (Wildman–Crippen LogP) is 2.85.